The van der Waals surface area contributed by atoms with Gasteiger partial charge >= 0.3 is 6.18 Å². The average molecular weight is 212 g/mol. The molecule has 0 aromatic heterocycles. The standard InChI is InChI=1S/C9H15F3O2/c1-2-6-14-7-4-8(13)3-5-9(10,11)12/h2-7H2,1H3. The van der Waals surface area contributed by atoms with E-state index in [-0.39, 0.29) is 13.0 Å². The van der Waals surface area contributed by atoms with Crippen molar-refractivity contribution in [3.63, 3.8) is 0 Å². The summed E-state index contributed by atoms with van der Waals surface area (Å²) in [5.41, 5.74) is 0. The third-order valence-electron chi connectivity index (χ3n) is 1.56. The minimum absolute atomic E-state index is 0.0794. The average Bonchev–Trinajstić information content (AvgIpc) is 2.08. The molecule has 84 valence electrons. The van der Waals surface area contributed by atoms with Gasteiger partial charge in [-0.15, -0.1) is 0 Å². The van der Waals surface area contributed by atoms with Crippen LogP contribution in [0.25, 0.3) is 0 Å². The van der Waals surface area contributed by atoms with Crippen LogP contribution in [-0.2, 0) is 9.53 Å². The molecule has 0 saturated carbocycles. The number of carbonyl (C=O) groups is 1. The molecule has 0 N–H and O–H groups in total. The lowest BCUT2D eigenvalue weighted by Crippen LogP contribution is -2.12. The maximum atomic E-state index is 11.7. The molecule has 0 heterocycles. The van der Waals surface area contributed by atoms with Gasteiger partial charge in [0.15, 0.2) is 0 Å². The summed E-state index contributed by atoms with van der Waals surface area (Å²) in [5.74, 6) is -0.390. The van der Waals surface area contributed by atoms with E-state index in [1.807, 2.05) is 6.92 Å². The highest BCUT2D eigenvalue weighted by molar-refractivity contribution is 5.78. The maximum absolute atomic E-state index is 11.7. The molecule has 0 saturated heterocycles. The van der Waals surface area contributed by atoms with Gasteiger partial charge in [-0.1, -0.05) is 6.92 Å². The number of hydrogen-bond donors (Lipinski definition) is 0. The zero-order chi connectivity index (χ0) is 11.0. The first kappa shape index (κ1) is 13.4. The zero-order valence-electron chi connectivity index (χ0n) is 8.19. The Balaban J connectivity index is 3.38. The predicted molar refractivity (Wildman–Crippen MR) is 46.0 cm³/mol. The van der Waals surface area contributed by atoms with Crippen LogP contribution >= 0.6 is 0 Å². The Morgan fingerprint density at radius 2 is 1.86 bits per heavy atom. The van der Waals surface area contributed by atoms with E-state index in [0.29, 0.717) is 6.61 Å². The lowest BCUT2D eigenvalue weighted by atomic mass is 10.2. The van der Waals surface area contributed by atoms with E-state index in [2.05, 4.69) is 0 Å². The molecular weight excluding hydrogens is 197 g/mol. The van der Waals surface area contributed by atoms with Crippen molar-refractivity contribution in [3.05, 3.63) is 0 Å². The fourth-order valence-electron chi connectivity index (χ4n) is 0.839. The normalized spacial score (nSPS) is 11.7. The molecule has 0 unspecified atom stereocenters. The third kappa shape index (κ3) is 9.51. The first-order chi connectivity index (χ1) is 6.45. The summed E-state index contributed by atoms with van der Waals surface area (Å²) >= 11 is 0. The van der Waals surface area contributed by atoms with Crippen molar-refractivity contribution in [2.45, 2.75) is 38.8 Å². The van der Waals surface area contributed by atoms with Crippen LogP contribution in [0.4, 0.5) is 13.2 Å². The number of Topliss-reactive ketones (excluding diaryl/α,β-unsaturated/α-hetero) is 1. The Labute approximate surface area is 81.4 Å². The molecule has 0 aromatic rings. The molecule has 5 heteroatoms. The van der Waals surface area contributed by atoms with Crippen molar-refractivity contribution in [3.8, 4) is 0 Å². The quantitative estimate of drug-likeness (QED) is 0.606. The zero-order valence-corrected chi connectivity index (χ0v) is 8.19. The van der Waals surface area contributed by atoms with E-state index in [4.69, 9.17) is 4.74 Å². The molecule has 0 aliphatic heterocycles. The topological polar surface area (TPSA) is 26.3 Å². The Kier molecular flexibility index (Phi) is 6.53. The number of rotatable bonds is 7. The molecule has 0 aromatic carbocycles. The van der Waals surface area contributed by atoms with Crippen molar-refractivity contribution in [2.75, 3.05) is 13.2 Å². The Hall–Kier alpha value is -0.580. The van der Waals surface area contributed by atoms with Gasteiger partial charge < -0.3 is 4.74 Å². The highest BCUT2D eigenvalue weighted by Crippen LogP contribution is 2.21. The van der Waals surface area contributed by atoms with Crippen molar-refractivity contribution >= 4 is 5.78 Å². The van der Waals surface area contributed by atoms with Gasteiger partial charge in [0.1, 0.15) is 5.78 Å². The Bertz CT molecular complexity index is 166. The van der Waals surface area contributed by atoms with Gasteiger partial charge in [-0.05, 0) is 6.42 Å². The van der Waals surface area contributed by atoms with Gasteiger partial charge in [-0.2, -0.15) is 13.2 Å². The number of carbonyl (C=O) groups excluding carboxylic acids is 1. The fourth-order valence-corrected chi connectivity index (χ4v) is 0.839. The molecule has 0 atom stereocenters. The van der Waals surface area contributed by atoms with E-state index < -0.39 is 24.8 Å². The number of ketones is 1. The SMILES string of the molecule is CCCOCCC(=O)CCC(F)(F)F. The van der Waals surface area contributed by atoms with Crippen LogP contribution in [-0.4, -0.2) is 25.2 Å². The number of halogens is 3. The molecule has 0 fully saturated rings. The molecule has 0 aliphatic rings. The number of alkyl halides is 3. The molecule has 0 rings (SSSR count). The summed E-state index contributed by atoms with van der Waals surface area (Å²) in [6, 6.07) is 0. The van der Waals surface area contributed by atoms with Crippen molar-refractivity contribution in [1.29, 1.82) is 0 Å². The summed E-state index contributed by atoms with van der Waals surface area (Å²) in [4.78, 5) is 10.9. The molecule has 0 radical (unpaired) electrons. The summed E-state index contributed by atoms with van der Waals surface area (Å²) < 4.78 is 40.0. The highest BCUT2D eigenvalue weighted by atomic mass is 19.4. The molecule has 0 aliphatic carbocycles. The second-order valence-electron chi connectivity index (χ2n) is 3.02. The van der Waals surface area contributed by atoms with Crippen LogP contribution in [0.2, 0.25) is 0 Å². The van der Waals surface area contributed by atoms with E-state index >= 15 is 0 Å². The molecule has 0 bridgehead atoms. The van der Waals surface area contributed by atoms with Crippen LogP contribution < -0.4 is 0 Å². The third-order valence-corrected chi connectivity index (χ3v) is 1.56. The van der Waals surface area contributed by atoms with Crippen LogP contribution in [0.1, 0.15) is 32.6 Å². The molecule has 2 nitrogen and oxygen atoms in total. The summed E-state index contributed by atoms with van der Waals surface area (Å²) in [5, 5.41) is 0. The van der Waals surface area contributed by atoms with Crippen LogP contribution in [0.15, 0.2) is 0 Å². The monoisotopic (exact) mass is 212 g/mol. The van der Waals surface area contributed by atoms with Gasteiger partial charge in [-0.3, -0.25) is 4.79 Å². The Morgan fingerprint density at radius 3 is 2.36 bits per heavy atom. The van der Waals surface area contributed by atoms with Gasteiger partial charge in [0, 0.05) is 19.4 Å². The summed E-state index contributed by atoms with van der Waals surface area (Å²) in [7, 11) is 0. The number of hydrogen-bond acceptors (Lipinski definition) is 2. The predicted octanol–water partition coefficient (Wildman–Crippen LogP) is 2.71. The highest BCUT2D eigenvalue weighted by Gasteiger charge is 2.27. The van der Waals surface area contributed by atoms with Crippen molar-refractivity contribution in [1.82, 2.24) is 0 Å². The molecular formula is C9H15F3O2. The van der Waals surface area contributed by atoms with E-state index in [0.717, 1.165) is 6.42 Å². The minimum Gasteiger partial charge on any atom is -0.381 e. The van der Waals surface area contributed by atoms with Gasteiger partial charge in [-0.25, -0.2) is 0 Å². The maximum Gasteiger partial charge on any atom is 0.389 e. The fraction of sp³-hybridized carbons (Fsp3) is 0.889. The lowest BCUT2D eigenvalue weighted by Gasteiger charge is -2.05. The van der Waals surface area contributed by atoms with Crippen molar-refractivity contribution < 1.29 is 22.7 Å². The Morgan fingerprint density at radius 1 is 1.21 bits per heavy atom. The second-order valence-corrected chi connectivity index (χ2v) is 3.02. The van der Waals surface area contributed by atoms with Gasteiger partial charge in [0.2, 0.25) is 0 Å². The van der Waals surface area contributed by atoms with Crippen molar-refractivity contribution in [2.24, 2.45) is 0 Å². The van der Waals surface area contributed by atoms with Gasteiger partial charge in [0.05, 0.1) is 13.0 Å². The van der Waals surface area contributed by atoms with Crippen LogP contribution in [0.5, 0.6) is 0 Å². The molecule has 0 amide bonds. The van der Waals surface area contributed by atoms with E-state index in [1.165, 1.54) is 0 Å². The lowest BCUT2D eigenvalue weighted by molar-refractivity contribution is -0.143. The first-order valence-corrected chi connectivity index (χ1v) is 4.62. The minimum atomic E-state index is -4.24. The summed E-state index contributed by atoms with van der Waals surface area (Å²) in [6.45, 7) is 2.70. The van der Waals surface area contributed by atoms with E-state index in [9.17, 15) is 18.0 Å². The van der Waals surface area contributed by atoms with Gasteiger partial charge in [0.25, 0.3) is 0 Å². The smallest absolute Gasteiger partial charge is 0.381 e. The molecule has 0 spiro atoms. The molecule has 14 heavy (non-hydrogen) atoms. The second kappa shape index (κ2) is 6.81. The largest absolute Gasteiger partial charge is 0.389 e. The number of ether oxygens (including phenoxy) is 1. The van der Waals surface area contributed by atoms with Crippen LogP contribution in [0, 0.1) is 0 Å². The first-order valence-electron chi connectivity index (χ1n) is 4.62. The van der Waals surface area contributed by atoms with E-state index in [1.54, 1.807) is 0 Å². The van der Waals surface area contributed by atoms with Crippen LogP contribution in [0.3, 0.4) is 0 Å². The summed E-state index contributed by atoms with van der Waals surface area (Å²) in [6.07, 6.45) is -4.77.